The predicted octanol–water partition coefficient (Wildman–Crippen LogP) is 1.37. The highest BCUT2D eigenvalue weighted by Crippen LogP contribution is 2.31. The molecule has 114 valence electrons. The second-order valence-electron chi connectivity index (χ2n) is 4.92. The Kier molecular flexibility index (Phi) is 5.09. The number of sulfonamides is 1. The average Bonchev–Trinajstić information content (AvgIpc) is 3.30. The van der Waals surface area contributed by atoms with Gasteiger partial charge in [0, 0.05) is 25.6 Å². The molecule has 1 fully saturated rings. The summed E-state index contributed by atoms with van der Waals surface area (Å²) in [7, 11) is -3.62. The van der Waals surface area contributed by atoms with E-state index in [9.17, 15) is 8.42 Å². The zero-order valence-corrected chi connectivity index (χ0v) is 12.8. The summed E-state index contributed by atoms with van der Waals surface area (Å²) in [6.45, 7) is 2.98. The van der Waals surface area contributed by atoms with Crippen LogP contribution in [0.3, 0.4) is 0 Å². The van der Waals surface area contributed by atoms with Gasteiger partial charge in [-0.2, -0.15) is 9.57 Å². The first-order valence-corrected chi connectivity index (χ1v) is 8.48. The van der Waals surface area contributed by atoms with Crippen LogP contribution < -0.4 is 5.32 Å². The summed E-state index contributed by atoms with van der Waals surface area (Å²) in [5.41, 5.74) is 0. The number of nitrogens with zero attached hydrogens (tertiary/aromatic N) is 4. The molecule has 1 N–H and O–H groups in total. The predicted molar refractivity (Wildman–Crippen MR) is 78.0 cm³/mol. The van der Waals surface area contributed by atoms with Gasteiger partial charge in [0.1, 0.15) is 4.90 Å². The second-order valence-corrected chi connectivity index (χ2v) is 6.81. The Hall–Kier alpha value is -1.72. The van der Waals surface area contributed by atoms with Crippen molar-refractivity contribution in [1.82, 2.24) is 14.3 Å². The van der Waals surface area contributed by atoms with E-state index in [-0.39, 0.29) is 23.9 Å². The van der Waals surface area contributed by atoms with E-state index in [1.54, 1.807) is 0 Å². The van der Waals surface area contributed by atoms with Crippen molar-refractivity contribution >= 4 is 16.0 Å². The number of aromatic nitrogens is 2. The lowest BCUT2D eigenvalue weighted by Gasteiger charge is -2.20. The molecule has 0 unspecified atom stereocenters. The smallest absolute Gasteiger partial charge is 0.246 e. The van der Waals surface area contributed by atoms with Gasteiger partial charge in [0.15, 0.2) is 0 Å². The van der Waals surface area contributed by atoms with E-state index in [2.05, 4.69) is 15.3 Å². The van der Waals surface area contributed by atoms with Gasteiger partial charge in [-0.3, -0.25) is 0 Å². The molecular weight excluding hydrogens is 290 g/mol. The van der Waals surface area contributed by atoms with E-state index in [0.717, 1.165) is 25.8 Å². The second kappa shape index (κ2) is 6.83. The molecule has 0 spiro atoms. The zero-order valence-electron chi connectivity index (χ0n) is 12.0. The molecule has 0 radical (unpaired) electrons. The highest BCUT2D eigenvalue weighted by molar-refractivity contribution is 7.89. The summed E-state index contributed by atoms with van der Waals surface area (Å²) >= 11 is 0. The molecule has 21 heavy (non-hydrogen) atoms. The van der Waals surface area contributed by atoms with Crippen LogP contribution in [0, 0.1) is 11.3 Å². The van der Waals surface area contributed by atoms with E-state index in [0.29, 0.717) is 5.95 Å². The van der Waals surface area contributed by atoms with Gasteiger partial charge in [0.25, 0.3) is 0 Å². The van der Waals surface area contributed by atoms with Crippen LogP contribution in [0.4, 0.5) is 5.95 Å². The molecule has 0 saturated heterocycles. The van der Waals surface area contributed by atoms with Gasteiger partial charge in [-0.05, 0) is 19.3 Å². The Morgan fingerprint density at radius 3 is 2.62 bits per heavy atom. The van der Waals surface area contributed by atoms with Crippen LogP contribution in [0.5, 0.6) is 0 Å². The fourth-order valence-corrected chi connectivity index (χ4v) is 3.51. The largest absolute Gasteiger partial charge is 0.354 e. The van der Waals surface area contributed by atoms with Crippen molar-refractivity contribution < 1.29 is 8.42 Å². The van der Waals surface area contributed by atoms with E-state index in [4.69, 9.17) is 5.26 Å². The number of hydrogen-bond donors (Lipinski definition) is 1. The van der Waals surface area contributed by atoms with E-state index in [1.807, 2.05) is 13.0 Å². The number of nitriles is 1. The standard InChI is InChI=1S/C13H19N5O2S/c1-2-7-15-13-16-9-12(10-17-13)21(19,20)18(8-3-6-14)11-4-5-11/h9-11H,2-5,7-8H2,1H3,(H,15,16,17). The molecule has 8 heteroatoms. The third-order valence-corrected chi connectivity index (χ3v) is 5.07. The summed E-state index contributed by atoms with van der Waals surface area (Å²) in [5.74, 6) is 0.422. The SMILES string of the molecule is CCCNc1ncc(S(=O)(=O)N(CCC#N)C2CC2)cn1. The van der Waals surface area contributed by atoms with E-state index >= 15 is 0 Å². The van der Waals surface area contributed by atoms with Crippen LogP contribution in [-0.4, -0.2) is 41.8 Å². The van der Waals surface area contributed by atoms with Gasteiger partial charge in [0.2, 0.25) is 16.0 Å². The lowest BCUT2D eigenvalue weighted by Crippen LogP contribution is -2.34. The van der Waals surface area contributed by atoms with Crippen molar-refractivity contribution in [2.75, 3.05) is 18.4 Å². The number of anilines is 1. The van der Waals surface area contributed by atoms with Crippen LogP contribution in [0.2, 0.25) is 0 Å². The maximum absolute atomic E-state index is 12.6. The summed E-state index contributed by atoms with van der Waals surface area (Å²) in [4.78, 5) is 8.14. The minimum absolute atomic E-state index is 0.0150. The minimum Gasteiger partial charge on any atom is -0.354 e. The molecule has 7 nitrogen and oxygen atoms in total. The number of hydrogen-bond acceptors (Lipinski definition) is 6. The molecule has 1 heterocycles. The van der Waals surface area contributed by atoms with Crippen LogP contribution in [-0.2, 0) is 10.0 Å². The van der Waals surface area contributed by atoms with Crippen molar-refractivity contribution in [2.24, 2.45) is 0 Å². The molecule has 0 amide bonds. The fourth-order valence-electron chi connectivity index (χ4n) is 1.93. The lowest BCUT2D eigenvalue weighted by molar-refractivity contribution is 0.410. The number of rotatable bonds is 8. The molecule has 0 aliphatic heterocycles. The van der Waals surface area contributed by atoms with Crippen molar-refractivity contribution in [3.8, 4) is 6.07 Å². The van der Waals surface area contributed by atoms with Gasteiger partial charge < -0.3 is 5.32 Å². The maximum Gasteiger partial charge on any atom is 0.246 e. The Morgan fingerprint density at radius 2 is 2.10 bits per heavy atom. The van der Waals surface area contributed by atoms with Gasteiger partial charge in [-0.25, -0.2) is 18.4 Å². The Balaban J connectivity index is 2.15. The molecule has 1 aromatic heterocycles. The third-order valence-electron chi connectivity index (χ3n) is 3.17. The molecule has 0 bridgehead atoms. The summed E-state index contributed by atoms with van der Waals surface area (Å²) in [6.07, 6.45) is 5.47. The van der Waals surface area contributed by atoms with Crippen LogP contribution in [0.25, 0.3) is 0 Å². The van der Waals surface area contributed by atoms with E-state index in [1.165, 1.54) is 16.7 Å². The quantitative estimate of drug-likeness (QED) is 0.778. The first-order chi connectivity index (χ1) is 10.1. The molecule has 0 aromatic carbocycles. The van der Waals surface area contributed by atoms with Gasteiger partial charge in [0.05, 0.1) is 18.5 Å². The van der Waals surface area contributed by atoms with Crippen molar-refractivity contribution in [2.45, 2.75) is 43.5 Å². The maximum atomic E-state index is 12.6. The Bertz CT molecular complexity index is 604. The van der Waals surface area contributed by atoms with Crippen molar-refractivity contribution in [1.29, 1.82) is 5.26 Å². The molecule has 1 aliphatic rings. The molecule has 0 atom stereocenters. The first-order valence-electron chi connectivity index (χ1n) is 7.04. The van der Waals surface area contributed by atoms with Gasteiger partial charge in [-0.1, -0.05) is 6.92 Å². The third kappa shape index (κ3) is 3.89. The summed E-state index contributed by atoms with van der Waals surface area (Å²) in [5, 5.41) is 11.7. The van der Waals surface area contributed by atoms with Crippen LogP contribution >= 0.6 is 0 Å². The Labute approximate surface area is 125 Å². The normalized spacial score (nSPS) is 14.9. The molecule has 1 aromatic rings. The van der Waals surface area contributed by atoms with Crippen LogP contribution in [0.1, 0.15) is 32.6 Å². The van der Waals surface area contributed by atoms with Gasteiger partial charge in [-0.15, -0.1) is 0 Å². The topological polar surface area (TPSA) is 99.0 Å². The molecule has 1 saturated carbocycles. The number of nitrogens with one attached hydrogen (secondary N) is 1. The summed E-state index contributed by atoms with van der Waals surface area (Å²) < 4.78 is 26.5. The van der Waals surface area contributed by atoms with Crippen molar-refractivity contribution in [3.05, 3.63) is 12.4 Å². The lowest BCUT2D eigenvalue weighted by atomic mass is 10.4. The van der Waals surface area contributed by atoms with Gasteiger partial charge >= 0.3 is 0 Å². The summed E-state index contributed by atoms with van der Waals surface area (Å²) in [6, 6.07) is 2.00. The van der Waals surface area contributed by atoms with Crippen LogP contribution in [0.15, 0.2) is 17.3 Å². The molecule has 2 rings (SSSR count). The minimum atomic E-state index is -3.62. The highest BCUT2D eigenvalue weighted by Gasteiger charge is 2.38. The fraction of sp³-hybridized carbons (Fsp3) is 0.615. The average molecular weight is 309 g/mol. The monoisotopic (exact) mass is 309 g/mol. The van der Waals surface area contributed by atoms with E-state index < -0.39 is 10.0 Å². The first kappa shape index (κ1) is 15.7. The Morgan fingerprint density at radius 1 is 1.43 bits per heavy atom. The molecule has 1 aliphatic carbocycles. The molecular formula is C13H19N5O2S. The van der Waals surface area contributed by atoms with Crippen molar-refractivity contribution in [3.63, 3.8) is 0 Å². The highest BCUT2D eigenvalue weighted by atomic mass is 32.2. The zero-order chi connectivity index (χ0) is 15.3.